The number of hydrogen-bond donors (Lipinski definition) is 0. The normalized spacial score (nSPS) is 28.6. The van der Waals surface area contributed by atoms with Gasteiger partial charge in [-0.15, -0.1) is 0 Å². The van der Waals surface area contributed by atoms with E-state index in [9.17, 15) is 13.6 Å². The molecular formula is C33H38F2N4O2. The van der Waals surface area contributed by atoms with E-state index in [1.165, 1.54) is 5.56 Å². The van der Waals surface area contributed by atoms with Gasteiger partial charge in [0.05, 0.1) is 0 Å². The van der Waals surface area contributed by atoms with Crippen molar-refractivity contribution in [3.8, 4) is 11.5 Å². The molecular weight excluding hydrogens is 522 g/mol. The molecule has 1 atom stereocenters. The van der Waals surface area contributed by atoms with Crippen LogP contribution in [0.5, 0.6) is 0 Å². The molecule has 3 aromatic rings. The number of nitrogens with zero attached hydrogens (tertiary/aromatic N) is 4. The largest absolute Gasteiger partial charge is 0.334 e. The molecule has 0 radical (unpaired) electrons. The van der Waals surface area contributed by atoms with Gasteiger partial charge in [0.25, 0.3) is 5.89 Å². The molecule has 41 heavy (non-hydrogen) atoms. The number of aryl methyl sites for hydroxylation is 1. The maximum absolute atomic E-state index is 14.0. The molecule has 2 bridgehead atoms. The van der Waals surface area contributed by atoms with E-state index in [0.717, 1.165) is 74.1 Å². The van der Waals surface area contributed by atoms with Gasteiger partial charge in [-0.05, 0) is 117 Å². The van der Waals surface area contributed by atoms with Gasteiger partial charge >= 0.3 is 0 Å². The fraction of sp³-hybridized carbons (Fsp3) is 0.576. The summed E-state index contributed by atoms with van der Waals surface area (Å²) in [5.74, 6) is -1.40. The van der Waals surface area contributed by atoms with Crippen molar-refractivity contribution in [3.05, 3.63) is 59.7 Å². The van der Waals surface area contributed by atoms with E-state index in [-0.39, 0.29) is 41.9 Å². The quantitative estimate of drug-likeness (QED) is 0.281. The van der Waals surface area contributed by atoms with Crippen molar-refractivity contribution in [3.63, 3.8) is 0 Å². The summed E-state index contributed by atoms with van der Waals surface area (Å²) in [7, 11) is 0. The molecule has 5 fully saturated rings. The highest BCUT2D eigenvalue weighted by molar-refractivity contribution is 5.94. The highest BCUT2D eigenvalue weighted by Gasteiger charge is 2.50. The molecule has 8 heteroatoms. The van der Waals surface area contributed by atoms with Gasteiger partial charge in [-0.3, -0.25) is 9.78 Å². The summed E-state index contributed by atoms with van der Waals surface area (Å²) in [6.45, 7) is 2.66. The van der Waals surface area contributed by atoms with Crippen LogP contribution in [0.25, 0.3) is 11.5 Å². The van der Waals surface area contributed by atoms with Gasteiger partial charge in [-0.1, -0.05) is 11.2 Å². The van der Waals surface area contributed by atoms with E-state index in [2.05, 4.69) is 34.2 Å². The van der Waals surface area contributed by atoms with Gasteiger partial charge in [0.1, 0.15) is 0 Å². The van der Waals surface area contributed by atoms with E-state index in [4.69, 9.17) is 4.52 Å². The van der Waals surface area contributed by atoms with Crippen LogP contribution in [0.15, 0.2) is 47.1 Å². The van der Waals surface area contributed by atoms with Gasteiger partial charge < -0.3 is 9.42 Å². The SMILES string of the molecule is Cc1cc(C23CCC(CN(C(=O)CC4CCC(F)(F)C4)c4cccc(-c5nc(C6CC6)no5)c4)(CC2)CC3)ccn1. The Bertz CT molecular complexity index is 1420. The summed E-state index contributed by atoms with van der Waals surface area (Å²) in [4.78, 5) is 24.9. The Hall–Kier alpha value is -3.16. The second-order valence-electron chi connectivity index (χ2n) is 13.4. The van der Waals surface area contributed by atoms with Crippen LogP contribution >= 0.6 is 0 Å². The molecule has 0 N–H and O–H groups in total. The van der Waals surface area contributed by atoms with Crippen LogP contribution < -0.4 is 4.90 Å². The predicted molar refractivity (Wildman–Crippen MR) is 152 cm³/mol. The van der Waals surface area contributed by atoms with Crippen LogP contribution in [0.3, 0.4) is 0 Å². The highest BCUT2D eigenvalue weighted by atomic mass is 19.3. The minimum absolute atomic E-state index is 0.0265. The second kappa shape index (κ2) is 9.99. The molecule has 6 nitrogen and oxygen atoms in total. The first kappa shape index (κ1) is 26.7. The summed E-state index contributed by atoms with van der Waals surface area (Å²) < 4.78 is 33.6. The van der Waals surface area contributed by atoms with Crippen LogP contribution in [0.4, 0.5) is 14.5 Å². The number of amides is 1. The Labute approximate surface area is 239 Å². The topological polar surface area (TPSA) is 72.1 Å². The first-order valence-electron chi connectivity index (χ1n) is 15.3. The average Bonchev–Trinajstić information content (AvgIpc) is 3.61. The maximum atomic E-state index is 14.0. The number of halogens is 2. The van der Waals surface area contributed by atoms with Gasteiger partial charge in [0.2, 0.25) is 11.8 Å². The summed E-state index contributed by atoms with van der Waals surface area (Å²) in [5.41, 5.74) is 4.23. The average molecular weight is 561 g/mol. The summed E-state index contributed by atoms with van der Waals surface area (Å²) in [6, 6.07) is 12.2. The standard InChI is InChI=1S/C33H38F2N4O2/c1-22-17-26(8-16-36-22)32-13-10-31(11-14-32,12-15-32)21-39(28(40)18-23-7-9-33(34,35)20-23)27-4-2-3-25(19-27)30-37-29(38-41-30)24-5-6-24/h2-4,8,16-17,19,23-24H,5-7,9-15,18,20-21H2,1H3. The molecule has 1 aromatic carbocycles. The zero-order valence-corrected chi connectivity index (χ0v) is 23.7. The van der Waals surface area contributed by atoms with Crippen molar-refractivity contribution in [2.45, 2.75) is 101 Å². The lowest BCUT2D eigenvalue weighted by Gasteiger charge is -2.55. The number of benzene rings is 1. The molecule has 5 aliphatic carbocycles. The first-order chi connectivity index (χ1) is 19.7. The lowest BCUT2D eigenvalue weighted by Crippen LogP contribution is -2.50. The number of anilines is 1. The predicted octanol–water partition coefficient (Wildman–Crippen LogP) is 7.77. The molecule has 216 valence electrons. The van der Waals surface area contributed by atoms with Crippen LogP contribution in [0.1, 0.15) is 100 Å². The second-order valence-corrected chi connectivity index (χ2v) is 13.4. The number of alkyl halides is 2. The number of rotatable bonds is 8. The van der Waals surface area contributed by atoms with E-state index in [0.29, 0.717) is 24.8 Å². The van der Waals surface area contributed by atoms with Crippen LogP contribution in [-0.4, -0.2) is 33.5 Å². The molecule has 5 aliphatic rings. The fourth-order valence-electron chi connectivity index (χ4n) is 7.71. The molecule has 5 saturated carbocycles. The lowest BCUT2D eigenvalue weighted by molar-refractivity contribution is -0.120. The van der Waals surface area contributed by atoms with E-state index in [1.807, 2.05) is 35.4 Å². The third-order valence-electron chi connectivity index (χ3n) is 10.5. The van der Waals surface area contributed by atoms with Crippen molar-refractivity contribution >= 4 is 11.6 Å². The smallest absolute Gasteiger partial charge is 0.258 e. The van der Waals surface area contributed by atoms with E-state index in [1.54, 1.807) is 0 Å². The van der Waals surface area contributed by atoms with Crippen molar-refractivity contribution in [2.75, 3.05) is 11.4 Å². The monoisotopic (exact) mass is 560 g/mol. The zero-order chi connectivity index (χ0) is 28.2. The number of fused-ring (bicyclic) bond motifs is 3. The Morgan fingerprint density at radius 2 is 1.80 bits per heavy atom. The zero-order valence-electron chi connectivity index (χ0n) is 23.7. The molecule has 2 aromatic heterocycles. The first-order valence-corrected chi connectivity index (χ1v) is 15.3. The number of pyridine rings is 1. The number of carbonyl (C=O) groups is 1. The van der Waals surface area contributed by atoms with Crippen LogP contribution in [-0.2, 0) is 10.2 Å². The Morgan fingerprint density at radius 1 is 1.02 bits per heavy atom. The molecule has 1 amide bonds. The van der Waals surface area contributed by atoms with Crippen molar-refractivity contribution in [2.24, 2.45) is 11.3 Å². The summed E-state index contributed by atoms with van der Waals surface area (Å²) >= 11 is 0. The van der Waals surface area contributed by atoms with Crippen LogP contribution in [0.2, 0.25) is 0 Å². The minimum atomic E-state index is -2.66. The Kier molecular flexibility index (Phi) is 6.51. The van der Waals surface area contributed by atoms with E-state index >= 15 is 0 Å². The van der Waals surface area contributed by atoms with Crippen molar-refractivity contribution in [1.29, 1.82) is 0 Å². The molecule has 8 rings (SSSR count). The molecule has 1 unspecified atom stereocenters. The van der Waals surface area contributed by atoms with Gasteiger partial charge in [0.15, 0.2) is 5.82 Å². The molecule has 2 heterocycles. The highest BCUT2D eigenvalue weighted by Crippen LogP contribution is 2.58. The van der Waals surface area contributed by atoms with Gasteiger partial charge in [-0.2, -0.15) is 4.98 Å². The number of hydrogen-bond acceptors (Lipinski definition) is 5. The molecule has 0 spiro atoms. The van der Waals surface area contributed by atoms with E-state index < -0.39 is 5.92 Å². The maximum Gasteiger partial charge on any atom is 0.258 e. The van der Waals surface area contributed by atoms with Gasteiger partial charge in [-0.25, -0.2) is 8.78 Å². The lowest BCUT2D eigenvalue weighted by atomic mass is 9.52. The molecule has 0 aliphatic heterocycles. The number of carbonyl (C=O) groups excluding carboxylic acids is 1. The summed E-state index contributed by atoms with van der Waals surface area (Å²) in [6.07, 6.45) is 10.8. The Balaban J connectivity index is 1.15. The Morgan fingerprint density at radius 3 is 2.49 bits per heavy atom. The van der Waals surface area contributed by atoms with Crippen molar-refractivity contribution < 1.29 is 18.1 Å². The fourth-order valence-corrected chi connectivity index (χ4v) is 7.71. The summed E-state index contributed by atoms with van der Waals surface area (Å²) in [5, 5.41) is 4.16. The van der Waals surface area contributed by atoms with Crippen LogP contribution in [0, 0.1) is 18.3 Å². The van der Waals surface area contributed by atoms with Crippen molar-refractivity contribution in [1.82, 2.24) is 15.1 Å². The molecule has 0 saturated heterocycles. The third-order valence-corrected chi connectivity index (χ3v) is 10.5. The third kappa shape index (κ3) is 5.30. The minimum Gasteiger partial charge on any atom is -0.334 e. The number of aromatic nitrogens is 3. The van der Waals surface area contributed by atoms with Gasteiger partial charge in [0, 0.05) is 54.9 Å².